The summed E-state index contributed by atoms with van der Waals surface area (Å²) in [5.74, 6) is 0.992. The molecule has 0 aliphatic carbocycles. The Kier molecular flexibility index (Phi) is 3.14. The average Bonchev–Trinajstić information content (AvgIpc) is 2.51. The van der Waals surface area contributed by atoms with E-state index < -0.39 is 0 Å². The lowest BCUT2D eigenvalue weighted by Gasteiger charge is -2.34. The highest BCUT2D eigenvalue weighted by Crippen LogP contribution is 2.31. The van der Waals surface area contributed by atoms with Crippen molar-refractivity contribution in [3.8, 4) is 5.75 Å². The Morgan fingerprint density at radius 1 is 1.50 bits per heavy atom. The number of rotatable bonds is 2. The van der Waals surface area contributed by atoms with Gasteiger partial charge in [-0.15, -0.1) is 11.3 Å². The lowest BCUT2D eigenvalue weighted by molar-refractivity contribution is 0.0560. The van der Waals surface area contributed by atoms with E-state index in [-0.39, 0.29) is 5.60 Å². The lowest BCUT2D eigenvalue weighted by Crippen LogP contribution is -2.43. The van der Waals surface area contributed by atoms with E-state index in [0.717, 1.165) is 35.5 Å². The highest BCUT2D eigenvalue weighted by atomic mass is 79.9. The van der Waals surface area contributed by atoms with Crippen molar-refractivity contribution in [2.45, 2.75) is 25.4 Å². The standard InChI is InChI=1S/C10H14BrNOS/c1-10(2-4-12-5-3-10)13-8-6-9(11)14-7-8/h6-7,12H,2-5H2,1H3. The topological polar surface area (TPSA) is 21.3 Å². The van der Waals surface area contributed by atoms with Crippen LogP contribution in [0.5, 0.6) is 5.75 Å². The second kappa shape index (κ2) is 4.21. The van der Waals surface area contributed by atoms with Crippen LogP contribution >= 0.6 is 27.3 Å². The van der Waals surface area contributed by atoms with Gasteiger partial charge in [0.1, 0.15) is 11.4 Å². The van der Waals surface area contributed by atoms with Crippen molar-refractivity contribution in [1.29, 1.82) is 0 Å². The quantitative estimate of drug-likeness (QED) is 0.896. The molecule has 1 aromatic heterocycles. The molecule has 0 atom stereocenters. The summed E-state index contributed by atoms with van der Waals surface area (Å²) in [6.07, 6.45) is 2.17. The normalized spacial score (nSPS) is 20.7. The third-order valence-corrected chi connectivity index (χ3v) is 4.05. The van der Waals surface area contributed by atoms with Crippen LogP contribution in [0, 0.1) is 0 Å². The SMILES string of the molecule is CC1(Oc2csc(Br)c2)CCNCC1. The van der Waals surface area contributed by atoms with E-state index in [2.05, 4.69) is 33.6 Å². The zero-order chi connectivity index (χ0) is 10.0. The van der Waals surface area contributed by atoms with Crippen LogP contribution in [0.2, 0.25) is 0 Å². The number of ether oxygens (including phenoxy) is 1. The second-order valence-corrected chi connectivity index (χ2v) is 6.18. The predicted octanol–water partition coefficient (Wildman–Crippen LogP) is 3.03. The second-order valence-electron chi connectivity index (χ2n) is 3.89. The Morgan fingerprint density at radius 3 is 2.79 bits per heavy atom. The first-order valence-corrected chi connectivity index (χ1v) is 6.49. The van der Waals surface area contributed by atoms with Crippen LogP contribution in [0.15, 0.2) is 15.2 Å². The van der Waals surface area contributed by atoms with Crippen molar-refractivity contribution in [2.24, 2.45) is 0 Å². The van der Waals surface area contributed by atoms with Crippen LogP contribution in [0.25, 0.3) is 0 Å². The summed E-state index contributed by atoms with van der Waals surface area (Å²) in [6.45, 7) is 4.31. The molecule has 4 heteroatoms. The first kappa shape index (κ1) is 10.5. The average molecular weight is 276 g/mol. The van der Waals surface area contributed by atoms with E-state index >= 15 is 0 Å². The zero-order valence-corrected chi connectivity index (χ0v) is 10.6. The van der Waals surface area contributed by atoms with E-state index in [1.165, 1.54) is 0 Å². The van der Waals surface area contributed by atoms with Gasteiger partial charge in [0.2, 0.25) is 0 Å². The molecule has 1 aliphatic heterocycles. The largest absolute Gasteiger partial charge is 0.487 e. The van der Waals surface area contributed by atoms with Gasteiger partial charge in [0.15, 0.2) is 0 Å². The molecule has 0 saturated carbocycles. The molecule has 1 aromatic rings. The molecule has 1 saturated heterocycles. The van der Waals surface area contributed by atoms with Gasteiger partial charge in [0, 0.05) is 11.4 Å². The molecule has 0 aromatic carbocycles. The van der Waals surface area contributed by atoms with E-state index in [4.69, 9.17) is 4.74 Å². The van der Waals surface area contributed by atoms with Gasteiger partial charge < -0.3 is 10.1 Å². The molecule has 2 rings (SSSR count). The Bertz CT molecular complexity index is 307. The molecule has 0 radical (unpaired) electrons. The molecule has 0 spiro atoms. The molecule has 2 heterocycles. The van der Waals surface area contributed by atoms with Gasteiger partial charge in [-0.3, -0.25) is 0 Å². The fourth-order valence-corrected chi connectivity index (χ4v) is 2.73. The van der Waals surface area contributed by atoms with Crippen molar-refractivity contribution in [3.05, 3.63) is 15.2 Å². The maximum atomic E-state index is 6.00. The Morgan fingerprint density at radius 2 is 2.21 bits per heavy atom. The van der Waals surface area contributed by atoms with Crippen LogP contribution < -0.4 is 10.1 Å². The highest BCUT2D eigenvalue weighted by Gasteiger charge is 2.28. The Balaban J connectivity index is 2.01. The van der Waals surface area contributed by atoms with Crippen molar-refractivity contribution >= 4 is 27.3 Å². The summed E-state index contributed by atoms with van der Waals surface area (Å²) in [5.41, 5.74) is 0.0196. The fraction of sp³-hybridized carbons (Fsp3) is 0.600. The van der Waals surface area contributed by atoms with Crippen LogP contribution in [-0.2, 0) is 0 Å². The van der Waals surface area contributed by atoms with Crippen LogP contribution in [0.1, 0.15) is 19.8 Å². The van der Waals surface area contributed by atoms with E-state index in [1.807, 2.05) is 6.07 Å². The maximum Gasteiger partial charge on any atom is 0.131 e. The van der Waals surface area contributed by atoms with E-state index in [0.29, 0.717) is 0 Å². The zero-order valence-electron chi connectivity index (χ0n) is 8.18. The van der Waals surface area contributed by atoms with Crippen molar-refractivity contribution in [3.63, 3.8) is 0 Å². The van der Waals surface area contributed by atoms with Gasteiger partial charge >= 0.3 is 0 Å². The lowest BCUT2D eigenvalue weighted by atomic mass is 9.94. The van der Waals surface area contributed by atoms with Crippen LogP contribution in [0.3, 0.4) is 0 Å². The van der Waals surface area contributed by atoms with Gasteiger partial charge in [0.05, 0.1) is 3.79 Å². The molecular weight excluding hydrogens is 262 g/mol. The molecule has 1 fully saturated rings. The van der Waals surface area contributed by atoms with Crippen molar-refractivity contribution in [2.75, 3.05) is 13.1 Å². The minimum atomic E-state index is 0.0196. The highest BCUT2D eigenvalue weighted by molar-refractivity contribution is 9.11. The minimum Gasteiger partial charge on any atom is -0.487 e. The molecule has 14 heavy (non-hydrogen) atoms. The molecule has 1 N–H and O–H groups in total. The first-order valence-electron chi connectivity index (χ1n) is 4.82. The molecule has 1 aliphatic rings. The summed E-state index contributed by atoms with van der Waals surface area (Å²) in [5, 5.41) is 5.40. The third-order valence-electron chi connectivity index (χ3n) is 2.57. The molecule has 0 bridgehead atoms. The molecule has 0 amide bonds. The van der Waals surface area contributed by atoms with Gasteiger partial charge in [0.25, 0.3) is 0 Å². The summed E-state index contributed by atoms with van der Waals surface area (Å²) in [4.78, 5) is 0. The Labute approximate surface area is 96.8 Å². The van der Waals surface area contributed by atoms with E-state index in [1.54, 1.807) is 11.3 Å². The van der Waals surface area contributed by atoms with Crippen molar-refractivity contribution in [1.82, 2.24) is 5.32 Å². The summed E-state index contributed by atoms with van der Waals surface area (Å²) in [7, 11) is 0. The number of hydrogen-bond acceptors (Lipinski definition) is 3. The van der Waals surface area contributed by atoms with Crippen LogP contribution in [0.4, 0.5) is 0 Å². The smallest absolute Gasteiger partial charge is 0.131 e. The number of hydrogen-bond donors (Lipinski definition) is 1. The Hall–Kier alpha value is -0.0600. The maximum absolute atomic E-state index is 6.00. The van der Waals surface area contributed by atoms with E-state index in [9.17, 15) is 0 Å². The first-order chi connectivity index (χ1) is 6.68. The number of nitrogens with one attached hydrogen (secondary N) is 1. The number of halogens is 1. The number of thiophene rings is 1. The summed E-state index contributed by atoms with van der Waals surface area (Å²) >= 11 is 5.11. The molecule has 0 unspecified atom stereocenters. The molecule has 78 valence electrons. The number of piperidine rings is 1. The summed E-state index contributed by atoms with van der Waals surface area (Å²) in [6, 6.07) is 2.04. The monoisotopic (exact) mass is 275 g/mol. The molecular formula is C10H14BrNOS. The van der Waals surface area contributed by atoms with Crippen molar-refractivity contribution < 1.29 is 4.74 Å². The predicted molar refractivity (Wildman–Crippen MR) is 63.2 cm³/mol. The van der Waals surface area contributed by atoms with Gasteiger partial charge in [-0.2, -0.15) is 0 Å². The summed E-state index contributed by atoms with van der Waals surface area (Å²) < 4.78 is 7.13. The van der Waals surface area contributed by atoms with Gasteiger partial charge in [-0.1, -0.05) is 0 Å². The fourth-order valence-electron chi connectivity index (χ4n) is 1.69. The molecule has 2 nitrogen and oxygen atoms in total. The van der Waals surface area contributed by atoms with Gasteiger partial charge in [-0.25, -0.2) is 0 Å². The third kappa shape index (κ3) is 2.49. The van der Waals surface area contributed by atoms with Gasteiger partial charge in [-0.05, 0) is 48.8 Å². The van der Waals surface area contributed by atoms with Crippen LogP contribution in [-0.4, -0.2) is 18.7 Å². The minimum absolute atomic E-state index is 0.0196.